The molecule has 1 aliphatic rings. The molecule has 0 bridgehead atoms. The number of aromatic nitrogens is 1. The van der Waals surface area contributed by atoms with Gasteiger partial charge in [-0.3, -0.25) is 0 Å². The molecule has 2 amide bonds. The summed E-state index contributed by atoms with van der Waals surface area (Å²) in [4.78, 5) is 17.9. The molecule has 23 heavy (non-hydrogen) atoms. The van der Waals surface area contributed by atoms with Gasteiger partial charge in [0.15, 0.2) is 0 Å². The Kier molecular flexibility index (Phi) is 4.52. The number of carbonyl (C=O) groups is 1. The van der Waals surface area contributed by atoms with E-state index in [2.05, 4.69) is 10.3 Å². The number of urea groups is 1. The Hall–Kier alpha value is -2.47. The highest BCUT2D eigenvalue weighted by Gasteiger charge is 2.32. The summed E-state index contributed by atoms with van der Waals surface area (Å²) in [5.41, 5.74) is 0.642. The minimum atomic E-state index is -0.182. The second kappa shape index (κ2) is 6.75. The van der Waals surface area contributed by atoms with Gasteiger partial charge < -0.3 is 19.7 Å². The van der Waals surface area contributed by atoms with Gasteiger partial charge in [0, 0.05) is 12.3 Å². The van der Waals surface area contributed by atoms with Crippen molar-refractivity contribution in [2.24, 2.45) is 0 Å². The normalized spacial score (nSPS) is 14.1. The van der Waals surface area contributed by atoms with Crippen LogP contribution in [0.25, 0.3) is 0 Å². The van der Waals surface area contributed by atoms with E-state index in [-0.39, 0.29) is 12.1 Å². The average Bonchev–Trinajstić information content (AvgIpc) is 2.52. The first-order chi connectivity index (χ1) is 11.2. The van der Waals surface area contributed by atoms with E-state index in [0.29, 0.717) is 35.4 Å². The Bertz CT molecular complexity index is 687. The van der Waals surface area contributed by atoms with Crippen LogP contribution >= 0.6 is 11.6 Å². The highest BCUT2D eigenvalue weighted by atomic mass is 35.5. The van der Waals surface area contributed by atoms with Gasteiger partial charge in [0.2, 0.25) is 5.88 Å². The second-order valence-electron chi connectivity index (χ2n) is 5.09. The third-order valence-electron chi connectivity index (χ3n) is 3.47. The van der Waals surface area contributed by atoms with Gasteiger partial charge in [0.25, 0.3) is 0 Å². The summed E-state index contributed by atoms with van der Waals surface area (Å²) < 4.78 is 10.9. The van der Waals surface area contributed by atoms with Crippen LogP contribution in [0.2, 0.25) is 5.02 Å². The third-order valence-corrected chi connectivity index (χ3v) is 3.70. The monoisotopic (exact) mass is 333 g/mol. The number of hydrogen-bond acceptors (Lipinski definition) is 4. The Morgan fingerprint density at radius 2 is 2.09 bits per heavy atom. The number of benzene rings is 1. The summed E-state index contributed by atoms with van der Waals surface area (Å²) in [6.45, 7) is 1.01. The number of amides is 2. The molecule has 1 fully saturated rings. The lowest BCUT2D eigenvalue weighted by Crippen LogP contribution is -2.57. The van der Waals surface area contributed by atoms with Crippen molar-refractivity contribution in [3.05, 3.63) is 47.6 Å². The summed E-state index contributed by atoms with van der Waals surface area (Å²) in [6, 6.07) is 10.5. The summed E-state index contributed by atoms with van der Waals surface area (Å²) in [6.07, 6.45) is 1.47. The zero-order valence-corrected chi connectivity index (χ0v) is 13.3. The predicted molar refractivity (Wildman–Crippen MR) is 87.2 cm³/mol. The van der Waals surface area contributed by atoms with Gasteiger partial charge in [0.05, 0.1) is 30.9 Å². The molecule has 1 aromatic carbocycles. The van der Waals surface area contributed by atoms with E-state index < -0.39 is 0 Å². The molecular weight excluding hydrogens is 318 g/mol. The van der Waals surface area contributed by atoms with Gasteiger partial charge in [0.1, 0.15) is 11.9 Å². The smallest absolute Gasteiger partial charge is 0.322 e. The largest absolute Gasteiger partial charge is 0.495 e. The molecule has 0 atom stereocenters. The second-order valence-corrected chi connectivity index (χ2v) is 5.53. The van der Waals surface area contributed by atoms with Gasteiger partial charge in [-0.2, -0.15) is 0 Å². The highest BCUT2D eigenvalue weighted by Crippen LogP contribution is 2.24. The molecule has 2 heterocycles. The number of likely N-dealkylation sites (tertiary alicyclic amines) is 1. The van der Waals surface area contributed by atoms with E-state index in [0.717, 1.165) is 0 Å². The van der Waals surface area contributed by atoms with E-state index in [1.807, 2.05) is 12.1 Å². The fourth-order valence-electron chi connectivity index (χ4n) is 2.22. The van der Waals surface area contributed by atoms with Crippen LogP contribution in [-0.2, 0) is 0 Å². The molecule has 1 saturated heterocycles. The Morgan fingerprint density at radius 1 is 1.30 bits per heavy atom. The van der Waals surface area contributed by atoms with Gasteiger partial charge in [-0.1, -0.05) is 23.7 Å². The van der Waals surface area contributed by atoms with Crippen LogP contribution in [0, 0.1) is 0 Å². The van der Waals surface area contributed by atoms with Crippen LogP contribution in [0.15, 0.2) is 42.6 Å². The zero-order chi connectivity index (χ0) is 16.2. The molecule has 7 heteroatoms. The van der Waals surface area contributed by atoms with E-state index in [9.17, 15) is 4.79 Å². The number of nitrogens with zero attached hydrogens (tertiary/aromatic N) is 2. The molecule has 120 valence electrons. The molecule has 6 nitrogen and oxygen atoms in total. The van der Waals surface area contributed by atoms with E-state index >= 15 is 0 Å². The first kappa shape index (κ1) is 15.4. The van der Waals surface area contributed by atoms with Crippen molar-refractivity contribution in [3.8, 4) is 11.6 Å². The van der Waals surface area contributed by atoms with Crippen molar-refractivity contribution in [1.29, 1.82) is 0 Å². The summed E-state index contributed by atoms with van der Waals surface area (Å²) in [5.74, 6) is 1.13. The SMILES string of the molecule is COc1ccccc1NC(=O)N1CC(Oc2ccc(Cl)cn2)C1. The molecule has 0 spiro atoms. The first-order valence-electron chi connectivity index (χ1n) is 7.13. The molecule has 1 aromatic heterocycles. The summed E-state index contributed by atoms with van der Waals surface area (Å²) >= 11 is 5.77. The topological polar surface area (TPSA) is 63.7 Å². The Labute approximate surface area is 139 Å². The van der Waals surface area contributed by atoms with Gasteiger partial charge >= 0.3 is 6.03 Å². The maximum atomic E-state index is 12.2. The molecule has 0 unspecified atom stereocenters. The molecule has 1 N–H and O–H groups in total. The number of carbonyl (C=O) groups excluding carboxylic acids is 1. The lowest BCUT2D eigenvalue weighted by Gasteiger charge is -2.38. The third kappa shape index (κ3) is 3.65. The van der Waals surface area contributed by atoms with Crippen LogP contribution in [0.1, 0.15) is 0 Å². The Balaban J connectivity index is 1.51. The summed E-state index contributed by atoms with van der Waals surface area (Å²) in [5, 5.41) is 3.39. The van der Waals surface area contributed by atoms with Crippen molar-refractivity contribution < 1.29 is 14.3 Å². The molecule has 0 aliphatic carbocycles. The molecular formula is C16H16ClN3O3. The van der Waals surface area contributed by atoms with Crippen molar-refractivity contribution in [2.75, 3.05) is 25.5 Å². The molecule has 0 radical (unpaired) electrons. The van der Waals surface area contributed by atoms with Crippen LogP contribution in [0.4, 0.5) is 10.5 Å². The van der Waals surface area contributed by atoms with Crippen LogP contribution < -0.4 is 14.8 Å². The number of ether oxygens (including phenoxy) is 2. The average molecular weight is 334 g/mol. The predicted octanol–water partition coefficient (Wildman–Crippen LogP) is 3.04. The van der Waals surface area contributed by atoms with Crippen molar-refractivity contribution >= 4 is 23.3 Å². The first-order valence-corrected chi connectivity index (χ1v) is 7.50. The molecule has 2 aromatic rings. The van der Waals surface area contributed by atoms with Crippen molar-refractivity contribution in [1.82, 2.24) is 9.88 Å². The van der Waals surface area contributed by atoms with Gasteiger partial charge in [-0.25, -0.2) is 9.78 Å². The maximum absolute atomic E-state index is 12.2. The summed E-state index contributed by atoms with van der Waals surface area (Å²) in [7, 11) is 1.57. The number of para-hydroxylation sites is 2. The Morgan fingerprint density at radius 3 is 2.78 bits per heavy atom. The lowest BCUT2D eigenvalue weighted by atomic mass is 10.2. The van der Waals surface area contributed by atoms with Crippen LogP contribution in [-0.4, -0.2) is 42.2 Å². The van der Waals surface area contributed by atoms with Crippen LogP contribution in [0.5, 0.6) is 11.6 Å². The number of anilines is 1. The number of methoxy groups -OCH3 is 1. The number of pyridine rings is 1. The number of halogens is 1. The van der Waals surface area contributed by atoms with E-state index in [1.54, 1.807) is 36.3 Å². The molecule has 0 saturated carbocycles. The lowest BCUT2D eigenvalue weighted by molar-refractivity contribution is 0.0461. The van der Waals surface area contributed by atoms with Gasteiger partial charge in [-0.15, -0.1) is 0 Å². The molecule has 1 aliphatic heterocycles. The number of nitrogens with one attached hydrogen (secondary N) is 1. The highest BCUT2D eigenvalue weighted by molar-refractivity contribution is 6.30. The van der Waals surface area contributed by atoms with Crippen LogP contribution in [0.3, 0.4) is 0 Å². The minimum Gasteiger partial charge on any atom is -0.495 e. The quantitative estimate of drug-likeness (QED) is 0.934. The van der Waals surface area contributed by atoms with Crippen molar-refractivity contribution in [3.63, 3.8) is 0 Å². The fraction of sp³-hybridized carbons (Fsp3) is 0.250. The maximum Gasteiger partial charge on any atom is 0.322 e. The fourth-order valence-corrected chi connectivity index (χ4v) is 2.34. The van der Waals surface area contributed by atoms with E-state index in [1.165, 1.54) is 6.20 Å². The van der Waals surface area contributed by atoms with Crippen molar-refractivity contribution in [2.45, 2.75) is 6.10 Å². The minimum absolute atomic E-state index is 0.0629. The number of hydrogen-bond donors (Lipinski definition) is 1. The number of rotatable bonds is 4. The molecule has 3 rings (SSSR count). The zero-order valence-electron chi connectivity index (χ0n) is 12.5. The van der Waals surface area contributed by atoms with Gasteiger partial charge in [-0.05, 0) is 18.2 Å². The standard InChI is InChI=1S/C16H16ClN3O3/c1-22-14-5-3-2-4-13(14)19-16(21)20-9-12(10-20)23-15-7-6-11(17)8-18-15/h2-8,12H,9-10H2,1H3,(H,19,21). The van der Waals surface area contributed by atoms with E-state index in [4.69, 9.17) is 21.1 Å².